The molecule has 4 aromatic rings. The van der Waals surface area contributed by atoms with Crippen LogP contribution in [-0.4, -0.2) is 61.2 Å². The first-order valence-corrected chi connectivity index (χ1v) is 11.7. The molecule has 2 N–H and O–H groups in total. The van der Waals surface area contributed by atoms with Crippen molar-refractivity contribution in [1.82, 2.24) is 29.7 Å². The number of aliphatic hydroxyl groups excluding tert-OH is 1. The first-order chi connectivity index (χ1) is 16.6. The lowest BCUT2D eigenvalue weighted by molar-refractivity contribution is 0.0838. The molecule has 1 atom stereocenters. The quantitative estimate of drug-likeness (QED) is 0.438. The van der Waals surface area contributed by atoms with Crippen LogP contribution in [-0.2, 0) is 13.0 Å². The number of aliphatic hydroxyl groups is 1. The number of imidazole rings is 1. The SMILES string of the molecule is O=C(NCC(O)CN1CCc2ccccc2C1)c1cn2cc(-c3noc(C4CC4)n3)ccc2n1. The number of aromatic nitrogens is 4. The van der Waals surface area contributed by atoms with Gasteiger partial charge in [-0.05, 0) is 42.5 Å². The minimum Gasteiger partial charge on any atom is -0.390 e. The number of carbonyl (C=O) groups is 1. The van der Waals surface area contributed by atoms with E-state index in [0.717, 1.165) is 37.9 Å². The Hall–Kier alpha value is -3.56. The summed E-state index contributed by atoms with van der Waals surface area (Å²) in [7, 11) is 0. The number of β-amino-alcohol motifs (C(OH)–C–C–N with tert-alkyl or cyclic N) is 1. The summed E-state index contributed by atoms with van der Waals surface area (Å²) < 4.78 is 7.12. The van der Waals surface area contributed by atoms with Crippen LogP contribution in [0.1, 0.15) is 46.3 Å². The van der Waals surface area contributed by atoms with E-state index in [1.54, 1.807) is 10.6 Å². The standard InChI is InChI=1S/C25H26N6O3/c32-20(14-30-10-9-16-3-1-2-4-18(16)12-30)11-26-24(33)21-15-31-13-19(7-8-22(31)27-21)23-28-25(34-29-23)17-5-6-17/h1-4,7-8,13,15,17,20,32H,5-6,9-12,14H2,(H,26,33). The number of nitrogens with zero attached hydrogens (tertiary/aromatic N) is 5. The molecule has 174 valence electrons. The Labute approximate surface area is 196 Å². The summed E-state index contributed by atoms with van der Waals surface area (Å²) in [5.74, 6) is 1.30. The normalized spacial score (nSPS) is 17.0. The van der Waals surface area contributed by atoms with Crippen molar-refractivity contribution in [2.45, 2.75) is 37.8 Å². The Kier molecular flexibility index (Phi) is 5.35. The van der Waals surface area contributed by atoms with Gasteiger partial charge in [-0.1, -0.05) is 29.4 Å². The third-order valence-electron chi connectivity index (χ3n) is 6.49. The Morgan fingerprint density at radius 2 is 2.00 bits per heavy atom. The van der Waals surface area contributed by atoms with Gasteiger partial charge in [0.1, 0.15) is 11.3 Å². The number of carbonyl (C=O) groups excluding carboxylic acids is 1. The van der Waals surface area contributed by atoms with E-state index < -0.39 is 6.10 Å². The van der Waals surface area contributed by atoms with Gasteiger partial charge in [0.05, 0.1) is 6.10 Å². The van der Waals surface area contributed by atoms with Gasteiger partial charge in [-0.15, -0.1) is 0 Å². The zero-order chi connectivity index (χ0) is 23.1. The predicted molar refractivity (Wildman–Crippen MR) is 124 cm³/mol. The van der Waals surface area contributed by atoms with Gasteiger partial charge < -0.3 is 19.3 Å². The highest BCUT2D eigenvalue weighted by atomic mass is 16.5. The van der Waals surface area contributed by atoms with Crippen molar-refractivity contribution in [3.8, 4) is 11.4 Å². The maximum Gasteiger partial charge on any atom is 0.271 e. The second-order valence-electron chi connectivity index (χ2n) is 9.16. The Morgan fingerprint density at radius 3 is 2.85 bits per heavy atom. The molecule has 0 saturated heterocycles. The predicted octanol–water partition coefficient (Wildman–Crippen LogP) is 2.41. The van der Waals surface area contributed by atoms with E-state index in [1.165, 1.54) is 11.1 Å². The Balaban J connectivity index is 1.06. The van der Waals surface area contributed by atoms with E-state index in [0.29, 0.717) is 35.5 Å². The number of hydrogen-bond donors (Lipinski definition) is 2. The second-order valence-corrected chi connectivity index (χ2v) is 9.16. The summed E-state index contributed by atoms with van der Waals surface area (Å²) in [6.07, 6.45) is 6.03. The van der Waals surface area contributed by atoms with Crippen LogP contribution in [0, 0.1) is 0 Å². The Morgan fingerprint density at radius 1 is 1.15 bits per heavy atom. The van der Waals surface area contributed by atoms with Gasteiger partial charge in [-0.2, -0.15) is 4.98 Å². The third kappa shape index (κ3) is 4.32. The maximum absolute atomic E-state index is 12.7. The summed E-state index contributed by atoms with van der Waals surface area (Å²) in [5, 5.41) is 17.4. The van der Waals surface area contributed by atoms with Crippen LogP contribution < -0.4 is 5.32 Å². The molecule has 4 heterocycles. The fourth-order valence-corrected chi connectivity index (χ4v) is 4.46. The van der Waals surface area contributed by atoms with Gasteiger partial charge in [0.15, 0.2) is 0 Å². The van der Waals surface area contributed by atoms with Crippen LogP contribution in [0.3, 0.4) is 0 Å². The summed E-state index contributed by atoms with van der Waals surface area (Å²) in [4.78, 5) is 23.8. The largest absolute Gasteiger partial charge is 0.390 e. The second kappa shape index (κ2) is 8.66. The van der Waals surface area contributed by atoms with Crippen molar-refractivity contribution in [3.05, 3.63) is 71.5 Å². The number of rotatable bonds is 7. The van der Waals surface area contributed by atoms with Gasteiger partial charge in [0.25, 0.3) is 5.91 Å². The molecule has 1 fully saturated rings. The lowest BCUT2D eigenvalue weighted by Gasteiger charge is -2.30. The molecule has 0 radical (unpaired) electrons. The molecular formula is C25H26N6O3. The number of benzene rings is 1. The van der Waals surface area contributed by atoms with E-state index in [9.17, 15) is 9.90 Å². The lowest BCUT2D eigenvalue weighted by atomic mass is 10.00. The molecule has 2 aliphatic rings. The molecule has 9 nitrogen and oxygen atoms in total. The van der Waals surface area contributed by atoms with Gasteiger partial charge in [0.2, 0.25) is 11.7 Å². The lowest BCUT2D eigenvalue weighted by Crippen LogP contribution is -2.42. The maximum atomic E-state index is 12.7. The molecule has 1 unspecified atom stereocenters. The van der Waals surface area contributed by atoms with Crippen molar-refractivity contribution in [1.29, 1.82) is 0 Å². The molecule has 34 heavy (non-hydrogen) atoms. The minimum atomic E-state index is -0.656. The fourth-order valence-electron chi connectivity index (χ4n) is 4.46. The monoisotopic (exact) mass is 458 g/mol. The smallest absolute Gasteiger partial charge is 0.271 e. The first-order valence-electron chi connectivity index (χ1n) is 11.7. The third-order valence-corrected chi connectivity index (χ3v) is 6.49. The summed E-state index contributed by atoms with van der Waals surface area (Å²) in [6, 6.07) is 12.1. The molecule has 0 bridgehead atoms. The Bertz CT molecular complexity index is 1340. The molecule has 0 spiro atoms. The van der Waals surface area contributed by atoms with Crippen molar-refractivity contribution in [3.63, 3.8) is 0 Å². The van der Waals surface area contributed by atoms with E-state index in [2.05, 4.69) is 43.5 Å². The van der Waals surface area contributed by atoms with Crippen molar-refractivity contribution >= 4 is 11.6 Å². The van der Waals surface area contributed by atoms with E-state index in [4.69, 9.17) is 4.52 Å². The van der Waals surface area contributed by atoms with Crippen LogP contribution in [0.25, 0.3) is 17.0 Å². The van der Waals surface area contributed by atoms with E-state index in [-0.39, 0.29) is 12.5 Å². The van der Waals surface area contributed by atoms with Gasteiger partial charge in [0, 0.05) is 50.1 Å². The molecule has 6 rings (SSSR count). The summed E-state index contributed by atoms with van der Waals surface area (Å²) in [5.41, 5.74) is 4.42. The molecule has 9 heteroatoms. The molecule has 1 aromatic carbocycles. The van der Waals surface area contributed by atoms with Gasteiger partial charge >= 0.3 is 0 Å². The highest BCUT2D eigenvalue weighted by Gasteiger charge is 2.30. The van der Waals surface area contributed by atoms with Gasteiger partial charge in [-0.25, -0.2) is 4.98 Å². The van der Waals surface area contributed by atoms with Crippen LogP contribution in [0.4, 0.5) is 0 Å². The highest BCUT2D eigenvalue weighted by molar-refractivity contribution is 5.92. The molecule has 3 aromatic heterocycles. The summed E-state index contributed by atoms with van der Waals surface area (Å²) >= 11 is 0. The van der Waals surface area contributed by atoms with E-state index >= 15 is 0 Å². The average molecular weight is 459 g/mol. The zero-order valence-electron chi connectivity index (χ0n) is 18.7. The van der Waals surface area contributed by atoms with Crippen LogP contribution in [0.2, 0.25) is 0 Å². The highest BCUT2D eigenvalue weighted by Crippen LogP contribution is 2.39. The molecule has 1 saturated carbocycles. The number of nitrogens with one attached hydrogen (secondary N) is 1. The van der Waals surface area contributed by atoms with Crippen LogP contribution in [0.15, 0.2) is 53.3 Å². The van der Waals surface area contributed by atoms with Crippen LogP contribution >= 0.6 is 0 Å². The number of hydrogen-bond acceptors (Lipinski definition) is 7. The minimum absolute atomic E-state index is 0.170. The van der Waals surface area contributed by atoms with E-state index in [1.807, 2.05) is 24.4 Å². The summed E-state index contributed by atoms with van der Waals surface area (Å²) in [6.45, 7) is 2.40. The number of fused-ring (bicyclic) bond motifs is 2. The van der Waals surface area contributed by atoms with Crippen molar-refractivity contribution in [2.24, 2.45) is 0 Å². The number of pyridine rings is 1. The topological polar surface area (TPSA) is 109 Å². The average Bonchev–Trinajstić information content (AvgIpc) is 3.42. The molecule has 1 amide bonds. The fraction of sp³-hybridized carbons (Fsp3) is 0.360. The molecule has 1 aliphatic heterocycles. The van der Waals surface area contributed by atoms with Crippen molar-refractivity contribution < 1.29 is 14.4 Å². The van der Waals surface area contributed by atoms with Crippen molar-refractivity contribution in [2.75, 3.05) is 19.6 Å². The molecule has 1 aliphatic carbocycles. The van der Waals surface area contributed by atoms with Crippen LogP contribution in [0.5, 0.6) is 0 Å². The first kappa shape index (κ1) is 21.0. The van der Waals surface area contributed by atoms with Gasteiger partial charge in [-0.3, -0.25) is 9.69 Å². The zero-order valence-corrected chi connectivity index (χ0v) is 18.7. The molecular weight excluding hydrogens is 432 g/mol. The number of amides is 1.